The lowest BCUT2D eigenvalue weighted by Gasteiger charge is -2.16. The van der Waals surface area contributed by atoms with Crippen LogP contribution >= 0.6 is 0 Å². The second-order valence-electron chi connectivity index (χ2n) is 6.06. The first-order valence-electron chi connectivity index (χ1n) is 8.36. The van der Waals surface area contributed by atoms with Crippen molar-refractivity contribution in [2.45, 2.75) is 25.7 Å². The van der Waals surface area contributed by atoms with Crippen molar-refractivity contribution in [2.24, 2.45) is 5.92 Å². The zero-order valence-corrected chi connectivity index (χ0v) is 13.3. The minimum Gasteiger partial charge on any atom is -0.484 e. The average Bonchev–Trinajstić information content (AvgIpc) is 2.61. The van der Waals surface area contributed by atoms with Crippen LogP contribution in [0.4, 0.5) is 0 Å². The summed E-state index contributed by atoms with van der Waals surface area (Å²) in [4.78, 5) is 11.9. The van der Waals surface area contributed by atoms with Gasteiger partial charge in [0.05, 0.1) is 0 Å². The fourth-order valence-electron chi connectivity index (χ4n) is 2.98. The molecule has 0 fully saturated rings. The van der Waals surface area contributed by atoms with Gasteiger partial charge in [-0.2, -0.15) is 0 Å². The predicted octanol–water partition coefficient (Wildman–Crippen LogP) is 4.08. The van der Waals surface area contributed by atoms with Crippen molar-refractivity contribution < 1.29 is 9.53 Å². The largest absolute Gasteiger partial charge is 0.484 e. The van der Waals surface area contributed by atoms with E-state index in [9.17, 15) is 4.79 Å². The minimum atomic E-state index is -0.0575. The van der Waals surface area contributed by atoms with E-state index in [1.54, 1.807) is 0 Å². The molecule has 1 amide bonds. The number of rotatable bonds is 6. The molecule has 23 heavy (non-hydrogen) atoms. The third-order valence-electron chi connectivity index (χ3n) is 4.28. The Balaban J connectivity index is 1.42. The van der Waals surface area contributed by atoms with E-state index in [4.69, 9.17) is 4.74 Å². The molecule has 1 atom stereocenters. The number of ether oxygens (including phenoxy) is 1. The number of amides is 1. The highest BCUT2D eigenvalue weighted by Gasteiger charge is 2.09. The molecule has 2 aromatic rings. The van der Waals surface area contributed by atoms with Gasteiger partial charge in [0.1, 0.15) is 5.75 Å². The molecule has 3 nitrogen and oxygen atoms in total. The topological polar surface area (TPSA) is 38.3 Å². The first kappa shape index (κ1) is 15.6. The highest BCUT2D eigenvalue weighted by Crippen LogP contribution is 2.21. The molecule has 1 N–H and O–H groups in total. The summed E-state index contributed by atoms with van der Waals surface area (Å²) in [7, 11) is 0. The number of fused-ring (bicyclic) bond motifs is 1. The summed E-state index contributed by atoms with van der Waals surface area (Å²) in [5, 5.41) is 5.23. The Kier molecular flexibility index (Phi) is 5.30. The van der Waals surface area contributed by atoms with Gasteiger partial charge in [-0.15, -0.1) is 0 Å². The maximum absolute atomic E-state index is 11.9. The van der Waals surface area contributed by atoms with Gasteiger partial charge in [-0.3, -0.25) is 4.79 Å². The zero-order valence-electron chi connectivity index (χ0n) is 13.3. The van der Waals surface area contributed by atoms with Crippen LogP contribution in [0.3, 0.4) is 0 Å². The van der Waals surface area contributed by atoms with Crippen molar-refractivity contribution in [3.63, 3.8) is 0 Å². The summed E-state index contributed by atoms with van der Waals surface area (Å²) in [6.07, 6.45) is 9.24. The van der Waals surface area contributed by atoms with Crippen molar-refractivity contribution in [1.82, 2.24) is 5.32 Å². The molecule has 1 aliphatic carbocycles. The zero-order chi connectivity index (χ0) is 15.9. The van der Waals surface area contributed by atoms with Crippen molar-refractivity contribution in [2.75, 3.05) is 13.2 Å². The first-order chi connectivity index (χ1) is 11.3. The summed E-state index contributed by atoms with van der Waals surface area (Å²) in [5.41, 5.74) is 0. The van der Waals surface area contributed by atoms with Crippen LogP contribution in [0.1, 0.15) is 25.7 Å². The first-order valence-corrected chi connectivity index (χ1v) is 8.36. The smallest absolute Gasteiger partial charge is 0.257 e. The molecule has 0 heterocycles. The number of hydrogen-bond acceptors (Lipinski definition) is 2. The third kappa shape index (κ3) is 4.59. The number of nitrogens with one attached hydrogen (secondary N) is 1. The van der Waals surface area contributed by atoms with E-state index in [1.807, 2.05) is 36.4 Å². The Morgan fingerprint density at radius 3 is 2.87 bits per heavy atom. The normalized spacial score (nSPS) is 17.1. The Labute approximate surface area is 137 Å². The van der Waals surface area contributed by atoms with Gasteiger partial charge in [0.2, 0.25) is 0 Å². The lowest BCUT2D eigenvalue weighted by Crippen LogP contribution is -2.30. The van der Waals surface area contributed by atoms with E-state index in [0.29, 0.717) is 5.92 Å². The molecule has 1 unspecified atom stereocenters. The van der Waals surface area contributed by atoms with E-state index in [-0.39, 0.29) is 12.5 Å². The van der Waals surface area contributed by atoms with Gasteiger partial charge in [0.15, 0.2) is 6.61 Å². The standard InChI is InChI=1S/C20H23NO2/c22-20(21-13-12-16-6-2-1-3-7-16)15-23-19-11-10-17-8-4-5-9-18(17)14-19/h2,4-6,8-11,14,16H,1,3,7,12-13,15H2,(H,21,22). The number of carbonyl (C=O) groups excluding carboxylic acids is 1. The molecule has 0 radical (unpaired) electrons. The maximum atomic E-state index is 11.9. The predicted molar refractivity (Wildman–Crippen MR) is 93.6 cm³/mol. The van der Waals surface area contributed by atoms with E-state index in [0.717, 1.165) is 24.1 Å². The van der Waals surface area contributed by atoms with Gasteiger partial charge < -0.3 is 10.1 Å². The lowest BCUT2D eigenvalue weighted by atomic mass is 9.93. The molecular weight excluding hydrogens is 286 g/mol. The molecule has 0 bridgehead atoms. The van der Waals surface area contributed by atoms with Crippen LogP contribution in [0.2, 0.25) is 0 Å². The van der Waals surface area contributed by atoms with Gasteiger partial charge in [0, 0.05) is 6.54 Å². The Morgan fingerprint density at radius 2 is 2.04 bits per heavy atom. The van der Waals surface area contributed by atoms with Crippen LogP contribution in [-0.4, -0.2) is 19.1 Å². The minimum absolute atomic E-state index is 0.0575. The van der Waals surface area contributed by atoms with E-state index in [2.05, 4.69) is 23.5 Å². The molecule has 0 saturated heterocycles. The van der Waals surface area contributed by atoms with Gasteiger partial charge >= 0.3 is 0 Å². The Hall–Kier alpha value is -2.29. The average molecular weight is 309 g/mol. The van der Waals surface area contributed by atoms with Crippen LogP contribution in [0, 0.1) is 5.92 Å². The second kappa shape index (κ2) is 7.82. The van der Waals surface area contributed by atoms with Crippen LogP contribution in [0.5, 0.6) is 5.75 Å². The van der Waals surface area contributed by atoms with Gasteiger partial charge in [-0.05, 0) is 54.5 Å². The summed E-state index contributed by atoms with van der Waals surface area (Å²) >= 11 is 0. The summed E-state index contributed by atoms with van der Waals surface area (Å²) in [6, 6.07) is 14.0. The van der Waals surface area contributed by atoms with Gasteiger partial charge in [0.25, 0.3) is 5.91 Å². The van der Waals surface area contributed by atoms with Gasteiger partial charge in [-0.1, -0.05) is 42.5 Å². The van der Waals surface area contributed by atoms with Gasteiger partial charge in [-0.25, -0.2) is 0 Å². The van der Waals surface area contributed by atoms with Crippen molar-refractivity contribution in [1.29, 1.82) is 0 Å². The number of carbonyl (C=O) groups is 1. The highest BCUT2D eigenvalue weighted by atomic mass is 16.5. The third-order valence-corrected chi connectivity index (χ3v) is 4.28. The molecule has 0 aliphatic heterocycles. The number of hydrogen-bond donors (Lipinski definition) is 1. The summed E-state index contributed by atoms with van der Waals surface area (Å²) in [5.74, 6) is 1.29. The fraction of sp³-hybridized carbons (Fsp3) is 0.350. The molecule has 120 valence electrons. The Morgan fingerprint density at radius 1 is 1.17 bits per heavy atom. The van der Waals surface area contributed by atoms with E-state index >= 15 is 0 Å². The maximum Gasteiger partial charge on any atom is 0.257 e. The lowest BCUT2D eigenvalue weighted by molar-refractivity contribution is -0.123. The molecular formula is C20H23NO2. The summed E-state index contributed by atoms with van der Waals surface area (Å²) in [6.45, 7) is 0.785. The molecule has 1 aliphatic rings. The van der Waals surface area contributed by atoms with Crippen LogP contribution in [0.25, 0.3) is 10.8 Å². The Bertz CT molecular complexity index is 693. The summed E-state index contributed by atoms with van der Waals surface area (Å²) < 4.78 is 5.59. The molecule has 2 aromatic carbocycles. The van der Waals surface area contributed by atoms with Crippen molar-refractivity contribution in [3.05, 3.63) is 54.6 Å². The molecule has 0 spiro atoms. The van der Waals surface area contributed by atoms with E-state index in [1.165, 1.54) is 24.6 Å². The van der Waals surface area contributed by atoms with Crippen LogP contribution in [-0.2, 0) is 4.79 Å². The van der Waals surface area contributed by atoms with Crippen LogP contribution < -0.4 is 10.1 Å². The molecule has 3 heteroatoms. The van der Waals surface area contributed by atoms with Crippen molar-refractivity contribution >= 4 is 16.7 Å². The monoisotopic (exact) mass is 309 g/mol. The van der Waals surface area contributed by atoms with Crippen molar-refractivity contribution in [3.8, 4) is 5.75 Å². The number of allylic oxidation sites excluding steroid dienone is 2. The van der Waals surface area contributed by atoms with Crippen LogP contribution in [0.15, 0.2) is 54.6 Å². The SMILES string of the molecule is O=C(COc1ccc2ccccc2c1)NCCC1C=CCCC1. The molecule has 0 aromatic heterocycles. The van der Waals surface area contributed by atoms with E-state index < -0.39 is 0 Å². The molecule has 0 saturated carbocycles. The fourth-order valence-corrected chi connectivity index (χ4v) is 2.98. The molecule has 3 rings (SSSR count). The second-order valence-corrected chi connectivity index (χ2v) is 6.06. The quantitative estimate of drug-likeness (QED) is 0.817. The number of benzene rings is 2. The highest BCUT2D eigenvalue weighted by molar-refractivity contribution is 5.84.